The number of carbonyl (C=O) groups is 2. The first kappa shape index (κ1) is 18.7. The number of hydrogen-bond acceptors (Lipinski definition) is 3. The van der Waals surface area contributed by atoms with Crippen molar-refractivity contribution in [3.05, 3.63) is 34.9 Å². The highest BCUT2D eigenvalue weighted by Gasteiger charge is 2.41. The fourth-order valence-corrected chi connectivity index (χ4v) is 3.41. The SMILES string of the molecule is CCCNC(=O)[C@@H]1CCC(=O)N(CCOC)[C@H]1c1ccccc1Cl. The first-order valence-electron chi connectivity index (χ1n) is 8.40. The van der Waals surface area contributed by atoms with Gasteiger partial charge in [0.25, 0.3) is 0 Å². The summed E-state index contributed by atoms with van der Waals surface area (Å²) < 4.78 is 5.14. The normalized spacial score (nSPS) is 21.0. The third-order valence-corrected chi connectivity index (χ3v) is 4.70. The molecule has 2 amide bonds. The molecular formula is C18H25ClN2O3. The van der Waals surface area contributed by atoms with Crippen molar-refractivity contribution in [2.45, 2.75) is 32.2 Å². The molecular weight excluding hydrogens is 328 g/mol. The largest absolute Gasteiger partial charge is 0.383 e. The fourth-order valence-electron chi connectivity index (χ4n) is 3.16. The standard InChI is InChI=1S/C18H25ClN2O3/c1-3-10-20-18(23)14-8-9-16(22)21(11-12-24-2)17(14)13-6-4-5-7-15(13)19/h4-7,14,17H,3,8-12H2,1-2H3,(H,20,23)/t14-,17+/m1/s1. The molecule has 0 unspecified atom stereocenters. The Balaban J connectivity index is 2.36. The Morgan fingerprint density at radius 1 is 1.42 bits per heavy atom. The number of ether oxygens (including phenoxy) is 1. The number of methoxy groups -OCH3 is 1. The summed E-state index contributed by atoms with van der Waals surface area (Å²) in [6.07, 6.45) is 1.78. The van der Waals surface area contributed by atoms with Crippen molar-refractivity contribution in [3.63, 3.8) is 0 Å². The van der Waals surface area contributed by atoms with Gasteiger partial charge in [0.15, 0.2) is 0 Å². The summed E-state index contributed by atoms with van der Waals surface area (Å²) in [7, 11) is 1.60. The number of nitrogens with one attached hydrogen (secondary N) is 1. The molecule has 0 spiro atoms. The first-order valence-corrected chi connectivity index (χ1v) is 8.78. The van der Waals surface area contributed by atoms with Gasteiger partial charge in [-0.15, -0.1) is 0 Å². The molecule has 0 aromatic heterocycles. The van der Waals surface area contributed by atoms with E-state index in [1.54, 1.807) is 18.1 Å². The third kappa shape index (κ3) is 4.28. The van der Waals surface area contributed by atoms with Gasteiger partial charge < -0.3 is 15.0 Å². The van der Waals surface area contributed by atoms with Crippen LogP contribution in [0.4, 0.5) is 0 Å². The van der Waals surface area contributed by atoms with Crippen molar-refractivity contribution < 1.29 is 14.3 Å². The van der Waals surface area contributed by atoms with E-state index < -0.39 is 0 Å². The van der Waals surface area contributed by atoms with Gasteiger partial charge in [-0.25, -0.2) is 0 Å². The number of nitrogens with zero attached hydrogens (tertiary/aromatic N) is 1. The van der Waals surface area contributed by atoms with E-state index in [-0.39, 0.29) is 23.8 Å². The predicted octanol–water partition coefficient (Wildman–Crippen LogP) is 2.79. The Hall–Kier alpha value is -1.59. The Kier molecular flexibility index (Phi) is 7.06. The minimum atomic E-state index is -0.355. The monoisotopic (exact) mass is 352 g/mol. The summed E-state index contributed by atoms with van der Waals surface area (Å²) in [6, 6.07) is 7.07. The Morgan fingerprint density at radius 3 is 2.83 bits per heavy atom. The molecule has 1 aromatic rings. The summed E-state index contributed by atoms with van der Waals surface area (Å²) in [4.78, 5) is 26.9. The first-order chi connectivity index (χ1) is 11.6. The molecule has 1 aliphatic heterocycles. The summed E-state index contributed by atoms with van der Waals surface area (Å²) in [5, 5.41) is 3.54. The highest BCUT2D eigenvalue weighted by Crippen LogP contribution is 2.39. The number of rotatable bonds is 7. The van der Waals surface area contributed by atoms with E-state index >= 15 is 0 Å². The van der Waals surface area contributed by atoms with E-state index in [9.17, 15) is 9.59 Å². The topological polar surface area (TPSA) is 58.6 Å². The smallest absolute Gasteiger partial charge is 0.225 e. The molecule has 0 aliphatic carbocycles. The van der Waals surface area contributed by atoms with Gasteiger partial charge in [0.05, 0.1) is 18.6 Å². The summed E-state index contributed by atoms with van der Waals surface area (Å²) in [5.74, 6) is -0.279. The fraction of sp³-hybridized carbons (Fsp3) is 0.556. The quantitative estimate of drug-likeness (QED) is 0.820. The van der Waals surface area contributed by atoms with Gasteiger partial charge in [-0.3, -0.25) is 9.59 Å². The van der Waals surface area contributed by atoms with Gasteiger partial charge in [-0.1, -0.05) is 36.7 Å². The summed E-state index contributed by atoms with van der Waals surface area (Å²) >= 11 is 6.38. The van der Waals surface area contributed by atoms with E-state index in [1.807, 2.05) is 25.1 Å². The number of benzene rings is 1. The van der Waals surface area contributed by atoms with Crippen LogP contribution in [0.3, 0.4) is 0 Å². The molecule has 1 N–H and O–H groups in total. The number of piperidine rings is 1. The van der Waals surface area contributed by atoms with Crippen LogP contribution >= 0.6 is 11.6 Å². The number of carbonyl (C=O) groups excluding carboxylic acids is 2. The molecule has 132 valence electrons. The second-order valence-electron chi connectivity index (χ2n) is 5.98. The maximum absolute atomic E-state index is 12.7. The average molecular weight is 353 g/mol. The van der Waals surface area contributed by atoms with Crippen LogP contribution in [0.2, 0.25) is 5.02 Å². The van der Waals surface area contributed by atoms with Crippen LogP contribution in [-0.2, 0) is 14.3 Å². The van der Waals surface area contributed by atoms with E-state index in [4.69, 9.17) is 16.3 Å². The maximum atomic E-state index is 12.7. The van der Waals surface area contributed by atoms with Crippen molar-refractivity contribution in [1.82, 2.24) is 10.2 Å². The van der Waals surface area contributed by atoms with E-state index in [2.05, 4.69) is 5.32 Å². The summed E-state index contributed by atoms with van der Waals surface area (Å²) in [6.45, 7) is 3.52. The van der Waals surface area contributed by atoms with Gasteiger partial charge in [-0.2, -0.15) is 0 Å². The highest BCUT2D eigenvalue weighted by molar-refractivity contribution is 6.31. The van der Waals surface area contributed by atoms with Crippen molar-refractivity contribution in [3.8, 4) is 0 Å². The number of hydrogen-bond donors (Lipinski definition) is 1. The number of likely N-dealkylation sites (tertiary alicyclic amines) is 1. The lowest BCUT2D eigenvalue weighted by Crippen LogP contribution is -2.49. The minimum Gasteiger partial charge on any atom is -0.383 e. The number of halogens is 1. The van der Waals surface area contributed by atoms with Crippen molar-refractivity contribution in [2.24, 2.45) is 5.92 Å². The number of amides is 2. The van der Waals surface area contributed by atoms with E-state index in [0.29, 0.717) is 37.6 Å². The van der Waals surface area contributed by atoms with Crippen LogP contribution in [-0.4, -0.2) is 43.5 Å². The van der Waals surface area contributed by atoms with Crippen LogP contribution < -0.4 is 5.32 Å². The second-order valence-corrected chi connectivity index (χ2v) is 6.39. The van der Waals surface area contributed by atoms with Crippen molar-refractivity contribution in [2.75, 3.05) is 26.8 Å². The van der Waals surface area contributed by atoms with Gasteiger partial charge in [-0.05, 0) is 24.5 Å². The predicted molar refractivity (Wildman–Crippen MR) is 93.8 cm³/mol. The maximum Gasteiger partial charge on any atom is 0.225 e. The van der Waals surface area contributed by atoms with Crippen LogP contribution in [0.15, 0.2) is 24.3 Å². The average Bonchev–Trinajstić information content (AvgIpc) is 2.59. The molecule has 6 heteroatoms. The van der Waals surface area contributed by atoms with Gasteiger partial charge >= 0.3 is 0 Å². The second kappa shape index (κ2) is 9.04. The Labute approximate surface area is 148 Å². The molecule has 1 saturated heterocycles. The van der Waals surface area contributed by atoms with Gasteiger partial charge in [0.1, 0.15) is 0 Å². The van der Waals surface area contributed by atoms with Crippen LogP contribution in [0.25, 0.3) is 0 Å². The zero-order valence-electron chi connectivity index (χ0n) is 14.3. The zero-order valence-corrected chi connectivity index (χ0v) is 15.0. The molecule has 0 radical (unpaired) electrons. The molecule has 1 aliphatic rings. The molecule has 2 rings (SSSR count). The van der Waals surface area contributed by atoms with Crippen LogP contribution in [0.5, 0.6) is 0 Å². The van der Waals surface area contributed by atoms with Gasteiger partial charge in [0.2, 0.25) is 11.8 Å². The Morgan fingerprint density at radius 2 is 2.17 bits per heavy atom. The third-order valence-electron chi connectivity index (χ3n) is 4.35. The van der Waals surface area contributed by atoms with E-state index in [0.717, 1.165) is 12.0 Å². The molecule has 24 heavy (non-hydrogen) atoms. The lowest BCUT2D eigenvalue weighted by molar-refractivity contribution is -0.144. The molecule has 5 nitrogen and oxygen atoms in total. The lowest BCUT2D eigenvalue weighted by Gasteiger charge is -2.41. The lowest BCUT2D eigenvalue weighted by atomic mass is 9.83. The van der Waals surface area contributed by atoms with Crippen LogP contribution in [0.1, 0.15) is 37.8 Å². The highest BCUT2D eigenvalue weighted by atomic mass is 35.5. The zero-order chi connectivity index (χ0) is 17.5. The van der Waals surface area contributed by atoms with Crippen molar-refractivity contribution >= 4 is 23.4 Å². The molecule has 0 saturated carbocycles. The minimum absolute atomic E-state index is 0.0170. The van der Waals surface area contributed by atoms with Crippen LogP contribution in [0, 0.1) is 5.92 Å². The van der Waals surface area contributed by atoms with Gasteiger partial charge in [0, 0.05) is 31.6 Å². The van der Waals surface area contributed by atoms with Crippen molar-refractivity contribution in [1.29, 1.82) is 0 Å². The molecule has 0 bridgehead atoms. The summed E-state index contributed by atoms with van der Waals surface area (Å²) in [5.41, 5.74) is 0.819. The van der Waals surface area contributed by atoms with E-state index in [1.165, 1.54) is 0 Å². The molecule has 1 heterocycles. The molecule has 1 aromatic carbocycles. The Bertz CT molecular complexity index is 579. The molecule has 2 atom stereocenters. The molecule has 1 fully saturated rings.